The molecule has 0 saturated heterocycles. The molecular formula is C12H23NO4. The van der Waals surface area contributed by atoms with Crippen LogP contribution in [0.3, 0.4) is 0 Å². The van der Waals surface area contributed by atoms with Gasteiger partial charge in [-0.2, -0.15) is 0 Å². The van der Waals surface area contributed by atoms with E-state index in [1.165, 1.54) is 0 Å². The summed E-state index contributed by atoms with van der Waals surface area (Å²) in [5.74, 6) is -0.319. The van der Waals surface area contributed by atoms with E-state index >= 15 is 0 Å². The van der Waals surface area contributed by atoms with Crippen molar-refractivity contribution < 1.29 is 19.0 Å². The largest absolute Gasteiger partial charge is 0.464 e. The van der Waals surface area contributed by atoms with E-state index in [2.05, 4.69) is 11.9 Å². The second-order valence-corrected chi connectivity index (χ2v) is 3.30. The van der Waals surface area contributed by atoms with Crippen LogP contribution >= 0.6 is 0 Å². The first-order chi connectivity index (χ1) is 8.31. The molecule has 0 aromatic carbocycles. The van der Waals surface area contributed by atoms with Crippen molar-refractivity contribution in [2.45, 2.75) is 13.3 Å². The molecule has 100 valence electrons. The fraction of sp³-hybridized carbons (Fsp3) is 0.750. The van der Waals surface area contributed by atoms with Crippen LogP contribution in [-0.2, 0) is 19.0 Å². The van der Waals surface area contributed by atoms with Crippen LogP contribution in [0.15, 0.2) is 12.7 Å². The first kappa shape index (κ1) is 16.1. The Balaban J connectivity index is 3.03. The van der Waals surface area contributed by atoms with Gasteiger partial charge in [-0.1, -0.05) is 6.08 Å². The number of hydrogen-bond donors (Lipinski definition) is 1. The van der Waals surface area contributed by atoms with E-state index in [0.717, 1.165) is 13.0 Å². The van der Waals surface area contributed by atoms with Gasteiger partial charge < -0.3 is 19.5 Å². The zero-order valence-electron chi connectivity index (χ0n) is 10.6. The van der Waals surface area contributed by atoms with Crippen LogP contribution in [-0.4, -0.2) is 52.1 Å². The van der Waals surface area contributed by atoms with Gasteiger partial charge in [0.25, 0.3) is 0 Å². The van der Waals surface area contributed by atoms with E-state index in [1.54, 1.807) is 6.92 Å². The van der Waals surface area contributed by atoms with Gasteiger partial charge in [0.15, 0.2) is 0 Å². The van der Waals surface area contributed by atoms with Crippen LogP contribution in [0.4, 0.5) is 0 Å². The monoisotopic (exact) mass is 245 g/mol. The average molecular weight is 245 g/mol. The maximum atomic E-state index is 10.9. The van der Waals surface area contributed by atoms with E-state index in [-0.39, 0.29) is 12.6 Å². The highest BCUT2D eigenvalue weighted by Gasteiger charge is 1.99. The second kappa shape index (κ2) is 13.2. The van der Waals surface area contributed by atoms with E-state index < -0.39 is 0 Å². The maximum absolute atomic E-state index is 10.9. The number of ether oxygens (including phenoxy) is 3. The van der Waals surface area contributed by atoms with Crippen molar-refractivity contribution in [3.8, 4) is 0 Å². The van der Waals surface area contributed by atoms with E-state index in [1.807, 2.05) is 6.08 Å². The molecule has 0 aliphatic carbocycles. The molecule has 0 spiro atoms. The number of hydrogen-bond acceptors (Lipinski definition) is 5. The molecule has 0 heterocycles. The molecule has 0 aliphatic heterocycles. The first-order valence-corrected chi connectivity index (χ1v) is 5.94. The SMILES string of the molecule is C=CCCOCCNCCOCC(=O)OCC. The third kappa shape index (κ3) is 13.0. The van der Waals surface area contributed by atoms with E-state index in [9.17, 15) is 4.79 Å². The molecule has 0 rings (SSSR count). The molecule has 5 heteroatoms. The Hall–Kier alpha value is -0.910. The van der Waals surface area contributed by atoms with E-state index in [4.69, 9.17) is 14.2 Å². The highest BCUT2D eigenvalue weighted by molar-refractivity contribution is 5.70. The van der Waals surface area contributed by atoms with Gasteiger partial charge in [0.05, 0.1) is 26.4 Å². The van der Waals surface area contributed by atoms with Gasteiger partial charge in [-0.05, 0) is 13.3 Å². The lowest BCUT2D eigenvalue weighted by Crippen LogP contribution is -2.25. The van der Waals surface area contributed by atoms with Crippen molar-refractivity contribution >= 4 is 5.97 Å². The molecule has 1 N–H and O–H groups in total. The van der Waals surface area contributed by atoms with Crippen LogP contribution in [0.2, 0.25) is 0 Å². The Bertz CT molecular complexity index is 197. The summed E-state index contributed by atoms with van der Waals surface area (Å²) in [4.78, 5) is 10.9. The Labute approximate surface area is 103 Å². The highest BCUT2D eigenvalue weighted by Crippen LogP contribution is 1.82. The Morgan fingerprint density at radius 2 is 1.94 bits per heavy atom. The van der Waals surface area contributed by atoms with Gasteiger partial charge >= 0.3 is 5.97 Å². The molecule has 0 bridgehead atoms. The number of esters is 1. The Kier molecular flexibility index (Phi) is 12.5. The van der Waals surface area contributed by atoms with Crippen molar-refractivity contribution in [3.05, 3.63) is 12.7 Å². The predicted molar refractivity (Wildman–Crippen MR) is 66.0 cm³/mol. The third-order valence-electron chi connectivity index (χ3n) is 1.84. The highest BCUT2D eigenvalue weighted by atomic mass is 16.6. The van der Waals surface area contributed by atoms with Crippen molar-refractivity contribution in [2.24, 2.45) is 0 Å². The summed E-state index contributed by atoms with van der Waals surface area (Å²) in [5.41, 5.74) is 0. The van der Waals surface area contributed by atoms with Gasteiger partial charge in [0.2, 0.25) is 0 Å². The molecule has 0 fully saturated rings. The summed E-state index contributed by atoms with van der Waals surface area (Å²) in [5, 5.41) is 3.14. The number of nitrogens with one attached hydrogen (secondary N) is 1. The Morgan fingerprint density at radius 1 is 1.24 bits per heavy atom. The van der Waals surface area contributed by atoms with Crippen LogP contribution in [0.5, 0.6) is 0 Å². The summed E-state index contributed by atoms with van der Waals surface area (Å²) in [6.07, 6.45) is 2.71. The minimum Gasteiger partial charge on any atom is -0.464 e. The zero-order valence-corrected chi connectivity index (χ0v) is 10.6. The summed E-state index contributed by atoms with van der Waals surface area (Å²) >= 11 is 0. The smallest absolute Gasteiger partial charge is 0.332 e. The van der Waals surface area contributed by atoms with Crippen LogP contribution in [0.1, 0.15) is 13.3 Å². The lowest BCUT2D eigenvalue weighted by Gasteiger charge is -2.06. The van der Waals surface area contributed by atoms with E-state index in [0.29, 0.717) is 33.0 Å². The van der Waals surface area contributed by atoms with Crippen LogP contribution in [0, 0.1) is 0 Å². The minimum absolute atomic E-state index is 0.0192. The minimum atomic E-state index is -0.319. The predicted octanol–water partition coefficient (Wildman–Crippen LogP) is 0.748. The molecule has 0 unspecified atom stereocenters. The van der Waals surface area contributed by atoms with Gasteiger partial charge in [-0.15, -0.1) is 6.58 Å². The van der Waals surface area contributed by atoms with Gasteiger partial charge in [0, 0.05) is 13.1 Å². The molecule has 0 aromatic heterocycles. The molecule has 0 radical (unpaired) electrons. The van der Waals surface area contributed by atoms with Crippen molar-refractivity contribution in [3.63, 3.8) is 0 Å². The third-order valence-corrected chi connectivity index (χ3v) is 1.84. The molecule has 0 amide bonds. The molecule has 5 nitrogen and oxygen atoms in total. The zero-order chi connectivity index (χ0) is 12.8. The first-order valence-electron chi connectivity index (χ1n) is 5.94. The quantitative estimate of drug-likeness (QED) is 0.312. The molecular weight excluding hydrogens is 222 g/mol. The van der Waals surface area contributed by atoms with Gasteiger partial charge in [-0.25, -0.2) is 4.79 Å². The molecule has 0 aliphatic rings. The topological polar surface area (TPSA) is 56.8 Å². The van der Waals surface area contributed by atoms with Crippen LogP contribution in [0.25, 0.3) is 0 Å². The molecule has 0 atom stereocenters. The summed E-state index contributed by atoms with van der Waals surface area (Å²) in [7, 11) is 0. The van der Waals surface area contributed by atoms with Gasteiger partial charge in [0.1, 0.15) is 6.61 Å². The number of carbonyl (C=O) groups is 1. The van der Waals surface area contributed by atoms with Crippen molar-refractivity contribution in [2.75, 3.05) is 46.1 Å². The lowest BCUT2D eigenvalue weighted by molar-refractivity contribution is -0.148. The summed E-state index contributed by atoms with van der Waals surface area (Å²) < 4.78 is 15.1. The molecule has 0 saturated carbocycles. The standard InChI is InChI=1S/C12H23NO4/c1-3-5-8-15-9-6-13-7-10-16-11-12(14)17-4-2/h3,13H,1,4-11H2,2H3. The summed E-state index contributed by atoms with van der Waals surface area (Å²) in [6, 6.07) is 0. The second-order valence-electron chi connectivity index (χ2n) is 3.30. The fourth-order valence-corrected chi connectivity index (χ4v) is 1.04. The lowest BCUT2D eigenvalue weighted by atomic mass is 10.4. The average Bonchev–Trinajstić information content (AvgIpc) is 2.32. The fourth-order valence-electron chi connectivity index (χ4n) is 1.04. The van der Waals surface area contributed by atoms with Gasteiger partial charge in [-0.3, -0.25) is 0 Å². The van der Waals surface area contributed by atoms with Crippen molar-refractivity contribution in [1.29, 1.82) is 0 Å². The summed E-state index contributed by atoms with van der Waals surface area (Å²) in [6.45, 7) is 9.14. The number of carbonyl (C=O) groups excluding carboxylic acids is 1. The number of rotatable bonds is 12. The van der Waals surface area contributed by atoms with Crippen LogP contribution < -0.4 is 5.32 Å². The maximum Gasteiger partial charge on any atom is 0.332 e. The van der Waals surface area contributed by atoms with Crippen molar-refractivity contribution in [1.82, 2.24) is 5.32 Å². The molecule has 0 aromatic rings. The Morgan fingerprint density at radius 3 is 2.59 bits per heavy atom. The normalized spacial score (nSPS) is 10.2. The molecule has 17 heavy (non-hydrogen) atoms.